The van der Waals surface area contributed by atoms with E-state index >= 15 is 0 Å². The number of aryl methyl sites for hydroxylation is 1. The smallest absolute Gasteiger partial charge is 0.335 e. The maximum Gasteiger partial charge on any atom is 0.335 e. The van der Waals surface area contributed by atoms with Gasteiger partial charge < -0.3 is 5.11 Å². The van der Waals surface area contributed by atoms with E-state index < -0.39 is 5.97 Å². The Morgan fingerprint density at radius 3 is 2.50 bits per heavy atom. The topological polar surface area (TPSA) is 54.6 Å². The highest BCUT2D eigenvalue weighted by Gasteiger charge is 2.11. The first-order valence-corrected chi connectivity index (χ1v) is 7.30. The van der Waals surface area contributed by atoms with Gasteiger partial charge in [0.25, 0.3) is 0 Å². The second kappa shape index (κ2) is 5.88. The molecule has 0 amide bonds. The van der Waals surface area contributed by atoms with E-state index in [2.05, 4.69) is 4.98 Å². The van der Waals surface area contributed by atoms with Gasteiger partial charge in [0.15, 0.2) is 0 Å². The van der Waals surface area contributed by atoms with Crippen LogP contribution in [-0.4, -0.2) is 20.5 Å². The fourth-order valence-electron chi connectivity index (χ4n) is 1.93. The van der Waals surface area contributed by atoms with Crippen molar-refractivity contribution in [3.8, 4) is 11.4 Å². The summed E-state index contributed by atoms with van der Waals surface area (Å²) in [6.45, 7) is 5.97. The number of imidazole rings is 1. The Morgan fingerprint density at radius 2 is 1.90 bits per heavy atom. The van der Waals surface area contributed by atoms with E-state index in [9.17, 15) is 4.79 Å². The van der Waals surface area contributed by atoms with Crippen LogP contribution in [0.3, 0.4) is 0 Å². The standard InChI is InChI=1S/C13H10N2O2S.C2H6/c1-8-12-15(6-7-18-12)11(14-8)9-2-4-10(5-3-9)13(16)17;1-2/h2-7H,1H3,(H,16,17);1-2H3. The Kier molecular flexibility index (Phi) is 4.20. The summed E-state index contributed by atoms with van der Waals surface area (Å²) in [5.74, 6) is -0.0674. The summed E-state index contributed by atoms with van der Waals surface area (Å²) >= 11 is 1.64. The second-order valence-electron chi connectivity index (χ2n) is 3.98. The first-order chi connectivity index (χ1) is 9.66. The number of carboxylic acids is 1. The molecule has 20 heavy (non-hydrogen) atoms. The van der Waals surface area contributed by atoms with Crippen molar-refractivity contribution in [1.82, 2.24) is 9.38 Å². The molecule has 2 heterocycles. The minimum Gasteiger partial charge on any atom is -0.478 e. The molecule has 1 aromatic carbocycles. The van der Waals surface area contributed by atoms with E-state index in [0.29, 0.717) is 0 Å². The van der Waals surface area contributed by atoms with Gasteiger partial charge in [0, 0.05) is 17.1 Å². The largest absolute Gasteiger partial charge is 0.478 e. The third-order valence-corrected chi connectivity index (χ3v) is 3.78. The Hall–Kier alpha value is -2.14. The first kappa shape index (κ1) is 14.3. The Morgan fingerprint density at radius 1 is 1.25 bits per heavy atom. The van der Waals surface area contributed by atoms with Crippen LogP contribution in [0.2, 0.25) is 0 Å². The minimum atomic E-state index is -0.915. The normalized spacial score (nSPS) is 10.2. The predicted molar refractivity (Wildman–Crippen MR) is 81.5 cm³/mol. The number of hydrogen-bond donors (Lipinski definition) is 1. The van der Waals surface area contributed by atoms with Crippen LogP contribution in [0.4, 0.5) is 0 Å². The second-order valence-corrected chi connectivity index (χ2v) is 4.88. The fourth-order valence-corrected chi connectivity index (χ4v) is 2.72. The fraction of sp³-hybridized carbons (Fsp3) is 0.200. The molecule has 0 spiro atoms. The Labute approximate surface area is 121 Å². The van der Waals surface area contributed by atoms with Crippen LogP contribution in [0.1, 0.15) is 29.9 Å². The Balaban J connectivity index is 0.000000704. The summed E-state index contributed by atoms with van der Waals surface area (Å²) in [7, 11) is 0. The lowest BCUT2D eigenvalue weighted by Gasteiger charge is -1.99. The number of carbonyl (C=O) groups is 1. The van der Waals surface area contributed by atoms with Crippen molar-refractivity contribution in [2.75, 3.05) is 0 Å². The lowest BCUT2D eigenvalue weighted by molar-refractivity contribution is 0.0697. The minimum absolute atomic E-state index is 0.286. The number of rotatable bonds is 2. The van der Waals surface area contributed by atoms with Gasteiger partial charge in [-0.05, 0) is 19.1 Å². The van der Waals surface area contributed by atoms with E-state index in [-0.39, 0.29) is 5.56 Å². The summed E-state index contributed by atoms with van der Waals surface area (Å²) in [5, 5.41) is 10.9. The molecule has 4 nitrogen and oxygen atoms in total. The predicted octanol–water partition coefficient (Wildman–Crippen LogP) is 4.10. The third-order valence-electron chi connectivity index (χ3n) is 2.81. The molecule has 0 radical (unpaired) electrons. The molecule has 0 saturated carbocycles. The third kappa shape index (κ3) is 2.44. The molecule has 0 unspecified atom stereocenters. The van der Waals surface area contributed by atoms with Crippen LogP contribution in [0.25, 0.3) is 16.2 Å². The van der Waals surface area contributed by atoms with Crippen molar-refractivity contribution in [2.24, 2.45) is 0 Å². The van der Waals surface area contributed by atoms with Crippen molar-refractivity contribution in [3.63, 3.8) is 0 Å². The highest BCUT2D eigenvalue weighted by Crippen LogP contribution is 2.25. The highest BCUT2D eigenvalue weighted by molar-refractivity contribution is 7.15. The van der Waals surface area contributed by atoms with E-state index in [1.54, 1.807) is 35.6 Å². The molecule has 3 aromatic rings. The van der Waals surface area contributed by atoms with Crippen LogP contribution in [0.5, 0.6) is 0 Å². The molecular formula is C15H16N2O2S. The first-order valence-electron chi connectivity index (χ1n) is 6.42. The summed E-state index contributed by atoms with van der Waals surface area (Å²) in [6, 6.07) is 6.77. The SMILES string of the molecule is CC.Cc1nc(-c2ccc(C(=O)O)cc2)n2ccsc12. The molecule has 3 rings (SSSR count). The van der Waals surface area contributed by atoms with Gasteiger partial charge in [0.2, 0.25) is 0 Å². The number of nitrogens with zero attached hydrogens (tertiary/aromatic N) is 2. The molecule has 0 aliphatic heterocycles. The van der Waals surface area contributed by atoms with Crippen molar-refractivity contribution in [3.05, 3.63) is 47.1 Å². The number of aromatic nitrogens is 2. The van der Waals surface area contributed by atoms with Gasteiger partial charge in [-0.1, -0.05) is 26.0 Å². The van der Waals surface area contributed by atoms with Crippen LogP contribution in [0.15, 0.2) is 35.8 Å². The zero-order chi connectivity index (χ0) is 14.7. The van der Waals surface area contributed by atoms with Crippen molar-refractivity contribution < 1.29 is 9.90 Å². The molecule has 0 fully saturated rings. The summed E-state index contributed by atoms with van der Waals surface area (Å²) in [4.78, 5) is 16.4. The van der Waals surface area contributed by atoms with Crippen LogP contribution in [-0.2, 0) is 0 Å². The maximum absolute atomic E-state index is 10.8. The average Bonchev–Trinajstić information content (AvgIpc) is 3.06. The summed E-state index contributed by atoms with van der Waals surface area (Å²) in [6.07, 6.45) is 1.97. The van der Waals surface area contributed by atoms with Crippen LogP contribution >= 0.6 is 11.3 Å². The molecule has 0 saturated heterocycles. The molecule has 0 aliphatic carbocycles. The van der Waals surface area contributed by atoms with Gasteiger partial charge in [-0.2, -0.15) is 0 Å². The van der Waals surface area contributed by atoms with E-state index in [4.69, 9.17) is 5.11 Å². The monoisotopic (exact) mass is 288 g/mol. The van der Waals surface area contributed by atoms with Gasteiger partial charge >= 0.3 is 5.97 Å². The molecule has 5 heteroatoms. The lowest BCUT2D eigenvalue weighted by Crippen LogP contribution is -1.95. The van der Waals surface area contributed by atoms with Gasteiger partial charge in [-0.25, -0.2) is 9.78 Å². The average molecular weight is 288 g/mol. The van der Waals surface area contributed by atoms with Crippen molar-refractivity contribution in [2.45, 2.75) is 20.8 Å². The number of carboxylic acid groups (broad SMARTS) is 1. The molecule has 0 atom stereocenters. The summed E-state index contributed by atoms with van der Waals surface area (Å²) < 4.78 is 2.02. The highest BCUT2D eigenvalue weighted by atomic mass is 32.1. The van der Waals surface area contributed by atoms with Gasteiger partial charge in [-0.15, -0.1) is 11.3 Å². The van der Waals surface area contributed by atoms with E-state index in [0.717, 1.165) is 21.9 Å². The maximum atomic E-state index is 10.8. The van der Waals surface area contributed by atoms with E-state index in [1.807, 2.05) is 36.7 Å². The zero-order valence-electron chi connectivity index (χ0n) is 11.6. The number of fused-ring (bicyclic) bond motifs is 1. The Bertz CT molecular complexity index is 726. The number of benzene rings is 1. The van der Waals surface area contributed by atoms with Gasteiger partial charge in [0.1, 0.15) is 10.7 Å². The van der Waals surface area contributed by atoms with E-state index in [1.165, 1.54) is 0 Å². The number of thiazole rings is 1. The number of aromatic carboxylic acids is 1. The van der Waals surface area contributed by atoms with Crippen molar-refractivity contribution >= 4 is 22.1 Å². The molecule has 104 valence electrons. The molecule has 0 aliphatic rings. The molecule has 1 N–H and O–H groups in total. The summed E-state index contributed by atoms with van der Waals surface area (Å²) in [5.41, 5.74) is 2.19. The molecule has 2 aromatic heterocycles. The van der Waals surface area contributed by atoms with Crippen LogP contribution < -0.4 is 0 Å². The zero-order valence-corrected chi connectivity index (χ0v) is 12.4. The van der Waals surface area contributed by atoms with Crippen molar-refractivity contribution in [1.29, 1.82) is 0 Å². The van der Waals surface area contributed by atoms with Gasteiger partial charge in [-0.3, -0.25) is 4.40 Å². The lowest BCUT2D eigenvalue weighted by atomic mass is 10.1. The quantitative estimate of drug-likeness (QED) is 0.772. The molecule has 0 bridgehead atoms. The van der Waals surface area contributed by atoms with Gasteiger partial charge in [0.05, 0.1) is 11.3 Å². The van der Waals surface area contributed by atoms with Crippen LogP contribution in [0, 0.1) is 6.92 Å². The molecular weight excluding hydrogens is 272 g/mol. The number of hydrogen-bond acceptors (Lipinski definition) is 3.